The molecule has 0 atom stereocenters. The lowest BCUT2D eigenvalue weighted by molar-refractivity contribution is 0.674. The van der Waals surface area contributed by atoms with Crippen LogP contribution in [0.5, 0.6) is 0 Å². The highest BCUT2D eigenvalue weighted by molar-refractivity contribution is 6.18. The molecule has 14 rings (SSSR count). The fourth-order valence-corrected chi connectivity index (χ4v) is 11.0. The summed E-state index contributed by atoms with van der Waals surface area (Å²) in [6.07, 6.45) is 0. The quantitative estimate of drug-likeness (QED) is 0.149. The molecule has 0 radical (unpaired) electrons. The van der Waals surface area contributed by atoms with Crippen molar-refractivity contribution >= 4 is 93.1 Å². The topological polar surface area (TPSA) is 21.3 Å². The van der Waals surface area contributed by atoms with Gasteiger partial charge in [0.2, 0.25) is 0 Å². The summed E-state index contributed by atoms with van der Waals surface area (Å²) in [5.41, 5.74) is 15.4. The molecule has 0 fully saturated rings. The summed E-state index contributed by atoms with van der Waals surface area (Å²) >= 11 is 0. The SMILES string of the molecule is c1cc(-c2cc3ccccc3c3ccccc23)cc(N(c2ccc(-c3ccccc3-n3c4ccccc4c4ccccc43)cc2)c2ccc(-c3cccc4c3oc3c5ccccc5ccc43)cc2)c1. The van der Waals surface area contributed by atoms with Gasteiger partial charge in [-0.2, -0.15) is 0 Å². The van der Waals surface area contributed by atoms with Crippen LogP contribution in [0.2, 0.25) is 0 Å². The van der Waals surface area contributed by atoms with E-state index in [0.29, 0.717) is 0 Å². The van der Waals surface area contributed by atoms with Crippen LogP contribution in [0.4, 0.5) is 17.1 Å². The third kappa shape index (κ3) is 6.29. The first-order valence-electron chi connectivity index (χ1n) is 23.7. The Morgan fingerprint density at radius 3 is 1.55 bits per heavy atom. The molecule has 0 aliphatic rings. The van der Waals surface area contributed by atoms with Crippen LogP contribution < -0.4 is 4.90 Å². The molecule has 12 aromatic carbocycles. The second kappa shape index (κ2) is 15.7. The van der Waals surface area contributed by atoms with Gasteiger partial charge < -0.3 is 13.9 Å². The number of benzene rings is 12. The van der Waals surface area contributed by atoms with Crippen molar-refractivity contribution in [2.45, 2.75) is 0 Å². The van der Waals surface area contributed by atoms with E-state index in [1.807, 2.05) is 0 Å². The smallest absolute Gasteiger partial charge is 0.143 e. The lowest BCUT2D eigenvalue weighted by Gasteiger charge is -2.27. The zero-order valence-corrected chi connectivity index (χ0v) is 37.6. The maximum Gasteiger partial charge on any atom is 0.143 e. The van der Waals surface area contributed by atoms with Gasteiger partial charge in [-0.3, -0.25) is 0 Å². The van der Waals surface area contributed by atoms with E-state index in [9.17, 15) is 0 Å². The molecule has 3 nitrogen and oxygen atoms in total. The molecule has 0 aliphatic heterocycles. The second-order valence-electron chi connectivity index (χ2n) is 18.0. The molecule has 0 amide bonds. The van der Waals surface area contributed by atoms with Gasteiger partial charge in [0.25, 0.3) is 0 Å². The molecule has 2 aromatic heterocycles. The monoisotopic (exact) mass is 878 g/mol. The normalized spacial score (nSPS) is 11.8. The van der Waals surface area contributed by atoms with Gasteiger partial charge in [0.05, 0.1) is 16.7 Å². The predicted molar refractivity (Wildman–Crippen MR) is 292 cm³/mol. The van der Waals surface area contributed by atoms with Crippen LogP contribution in [0, 0.1) is 0 Å². The Morgan fingerprint density at radius 1 is 0.275 bits per heavy atom. The average molecular weight is 879 g/mol. The summed E-state index contributed by atoms with van der Waals surface area (Å²) in [5.74, 6) is 0. The highest BCUT2D eigenvalue weighted by Crippen LogP contribution is 2.44. The lowest BCUT2D eigenvalue weighted by Crippen LogP contribution is -2.10. The van der Waals surface area contributed by atoms with Gasteiger partial charge in [-0.1, -0.05) is 188 Å². The number of nitrogens with zero attached hydrogens (tertiary/aromatic N) is 2. The van der Waals surface area contributed by atoms with Crippen molar-refractivity contribution in [3.63, 3.8) is 0 Å². The number of aromatic nitrogens is 1. The van der Waals surface area contributed by atoms with Crippen molar-refractivity contribution in [2.75, 3.05) is 4.90 Å². The lowest BCUT2D eigenvalue weighted by atomic mass is 9.93. The van der Waals surface area contributed by atoms with Crippen molar-refractivity contribution in [3.05, 3.63) is 255 Å². The number of anilines is 3. The zero-order chi connectivity index (χ0) is 45.4. The van der Waals surface area contributed by atoms with Crippen molar-refractivity contribution in [1.82, 2.24) is 4.57 Å². The summed E-state index contributed by atoms with van der Waals surface area (Å²) in [7, 11) is 0. The Balaban J connectivity index is 0.908. The fourth-order valence-electron chi connectivity index (χ4n) is 11.0. The molecule has 2 heterocycles. The first kappa shape index (κ1) is 39.0. The van der Waals surface area contributed by atoms with Crippen LogP contribution in [-0.4, -0.2) is 4.57 Å². The van der Waals surface area contributed by atoms with Gasteiger partial charge in [0.1, 0.15) is 11.2 Å². The minimum absolute atomic E-state index is 0.903. The molecule has 0 aliphatic carbocycles. The molecule has 69 heavy (non-hydrogen) atoms. The molecule has 0 saturated heterocycles. The van der Waals surface area contributed by atoms with Gasteiger partial charge in [-0.05, 0) is 116 Å². The number of hydrogen-bond acceptors (Lipinski definition) is 2. The van der Waals surface area contributed by atoms with Crippen LogP contribution >= 0.6 is 0 Å². The first-order chi connectivity index (χ1) is 34.2. The number of hydrogen-bond donors (Lipinski definition) is 0. The Morgan fingerprint density at radius 2 is 0.812 bits per heavy atom. The summed E-state index contributed by atoms with van der Waals surface area (Å²) in [4.78, 5) is 2.38. The molecule has 14 aromatic rings. The van der Waals surface area contributed by atoms with Crippen LogP contribution in [0.3, 0.4) is 0 Å². The average Bonchev–Trinajstić information content (AvgIpc) is 3.98. The van der Waals surface area contributed by atoms with Crippen LogP contribution in [-0.2, 0) is 0 Å². The molecule has 0 spiro atoms. The largest absolute Gasteiger partial charge is 0.455 e. The van der Waals surface area contributed by atoms with E-state index in [0.717, 1.165) is 72.3 Å². The Bertz CT molecular complexity index is 4260. The van der Waals surface area contributed by atoms with Gasteiger partial charge in [-0.25, -0.2) is 0 Å². The van der Waals surface area contributed by atoms with Crippen LogP contribution in [0.1, 0.15) is 0 Å². The Kier molecular flexibility index (Phi) is 8.90. The number of furan rings is 1. The highest BCUT2D eigenvalue weighted by Gasteiger charge is 2.20. The standard InChI is InChI=1S/C66H42N2O/c1-4-21-53-43(15-1)35-40-60-59-27-14-26-54(65(59)69-66(53)60)45-33-38-49(39-34-45)67(50-18-13-17-46(41-50)61-42-47-16-2-3-19-51(47)55-22-5-6-23-56(55)61)48-36-31-44(32-37-48)52-20-7-10-28-62(52)68-63-29-11-8-24-57(63)58-25-9-12-30-64(58)68/h1-42H. The summed E-state index contributed by atoms with van der Waals surface area (Å²) in [6.45, 7) is 0. The van der Waals surface area contributed by atoms with Gasteiger partial charge >= 0.3 is 0 Å². The molecule has 0 bridgehead atoms. The molecule has 322 valence electrons. The number of fused-ring (bicyclic) bond motifs is 11. The minimum atomic E-state index is 0.903. The van der Waals surface area contributed by atoms with Crippen LogP contribution in [0.25, 0.3) is 115 Å². The van der Waals surface area contributed by atoms with Crippen molar-refractivity contribution in [2.24, 2.45) is 0 Å². The molecule has 3 heteroatoms. The van der Waals surface area contributed by atoms with Gasteiger partial charge in [0.15, 0.2) is 0 Å². The molecule has 0 N–H and O–H groups in total. The maximum absolute atomic E-state index is 6.79. The van der Waals surface area contributed by atoms with E-state index < -0.39 is 0 Å². The molecule has 0 unspecified atom stereocenters. The zero-order valence-electron chi connectivity index (χ0n) is 37.6. The van der Waals surface area contributed by atoms with E-state index in [-0.39, 0.29) is 0 Å². The highest BCUT2D eigenvalue weighted by atomic mass is 16.3. The fraction of sp³-hybridized carbons (Fsp3) is 0. The van der Waals surface area contributed by atoms with E-state index in [1.165, 1.54) is 59.9 Å². The predicted octanol–water partition coefficient (Wildman–Crippen LogP) is 18.6. The van der Waals surface area contributed by atoms with Crippen LogP contribution in [0.15, 0.2) is 259 Å². The summed E-state index contributed by atoms with van der Waals surface area (Å²) in [6, 6.07) is 92.4. The molecular weight excluding hydrogens is 837 g/mol. The van der Waals surface area contributed by atoms with Gasteiger partial charge in [-0.15, -0.1) is 0 Å². The maximum atomic E-state index is 6.79. The van der Waals surface area contributed by atoms with E-state index in [2.05, 4.69) is 264 Å². The van der Waals surface area contributed by atoms with E-state index in [1.54, 1.807) is 0 Å². The Hall–Kier alpha value is -9.18. The van der Waals surface area contributed by atoms with E-state index in [4.69, 9.17) is 4.42 Å². The number of para-hydroxylation sites is 4. The Labute approximate surface area is 399 Å². The van der Waals surface area contributed by atoms with Crippen molar-refractivity contribution in [3.8, 4) is 39.1 Å². The van der Waals surface area contributed by atoms with Gasteiger partial charge in [0, 0.05) is 55.1 Å². The minimum Gasteiger partial charge on any atom is -0.455 e. The first-order valence-corrected chi connectivity index (χ1v) is 23.7. The summed E-state index contributed by atoms with van der Waals surface area (Å²) in [5, 5.41) is 12.1. The number of rotatable bonds is 7. The third-order valence-corrected chi connectivity index (χ3v) is 14.2. The summed E-state index contributed by atoms with van der Waals surface area (Å²) < 4.78 is 9.20. The second-order valence-corrected chi connectivity index (χ2v) is 18.0. The van der Waals surface area contributed by atoms with E-state index >= 15 is 0 Å². The van der Waals surface area contributed by atoms with Crippen molar-refractivity contribution in [1.29, 1.82) is 0 Å². The van der Waals surface area contributed by atoms with Crippen molar-refractivity contribution < 1.29 is 4.42 Å². The molecular formula is C66H42N2O. The molecule has 0 saturated carbocycles. The third-order valence-electron chi connectivity index (χ3n) is 14.2.